The molecule has 96 valence electrons. The number of rotatable bonds is 5. The lowest BCUT2D eigenvalue weighted by atomic mass is 10.0. The minimum absolute atomic E-state index is 0.431. The van der Waals surface area contributed by atoms with Gasteiger partial charge in [0, 0.05) is 17.2 Å². The van der Waals surface area contributed by atoms with Gasteiger partial charge in [0.25, 0.3) is 0 Å². The molecule has 18 heavy (non-hydrogen) atoms. The Kier molecular flexibility index (Phi) is 3.34. The first-order valence-corrected chi connectivity index (χ1v) is 5.61. The van der Waals surface area contributed by atoms with Crippen molar-refractivity contribution < 1.29 is 18.7 Å². The van der Waals surface area contributed by atoms with Crippen LogP contribution in [0.4, 0.5) is 4.39 Å². The molecule has 2 rings (SSSR count). The van der Waals surface area contributed by atoms with Crippen molar-refractivity contribution in [1.82, 2.24) is 0 Å². The molecular weight excluding hydrogens is 237 g/mol. The van der Waals surface area contributed by atoms with E-state index < -0.39 is 12.2 Å². The third-order valence-corrected chi connectivity index (χ3v) is 3.23. The average molecular weight is 251 g/mol. The average Bonchev–Trinajstić information content (AvgIpc) is 3.18. The molecule has 1 aromatic carbocycles. The van der Waals surface area contributed by atoms with Crippen LogP contribution in [0.3, 0.4) is 0 Å². The summed E-state index contributed by atoms with van der Waals surface area (Å²) in [6.07, 6.45) is 3.07. The Bertz CT molecular complexity index is 505. The monoisotopic (exact) mass is 251 g/mol. The minimum atomic E-state index is -0.638. The summed E-state index contributed by atoms with van der Waals surface area (Å²) in [7, 11) is 3.00. The summed E-state index contributed by atoms with van der Waals surface area (Å²) in [5.74, 6) is 0.990. The number of nitrogens with zero attached hydrogens (tertiary/aromatic N) is 1. The van der Waals surface area contributed by atoms with Crippen LogP contribution in [0.25, 0.3) is 0 Å². The van der Waals surface area contributed by atoms with Gasteiger partial charge in [0.2, 0.25) is 6.08 Å². The molecule has 0 atom stereocenters. The van der Waals surface area contributed by atoms with Gasteiger partial charge in [-0.25, -0.2) is 9.18 Å². The van der Waals surface area contributed by atoms with Gasteiger partial charge in [-0.1, -0.05) is 0 Å². The van der Waals surface area contributed by atoms with Crippen LogP contribution in [0.5, 0.6) is 11.5 Å². The Balaban J connectivity index is 2.56. The molecule has 0 heterocycles. The normalized spacial score (nSPS) is 15.7. The molecule has 4 nitrogen and oxygen atoms in total. The number of alkyl halides is 1. The molecular formula is C13H14FNO3. The first-order chi connectivity index (χ1) is 8.70. The standard InChI is InChI=1S/C13H14FNO3/c1-17-11-6-12(18-2)10(5-9(11)7-14)13(3-4-13)15-8-16/h5-6H,3-4,7H2,1-2H3. The van der Waals surface area contributed by atoms with Gasteiger partial charge in [-0.05, 0) is 18.9 Å². The Labute approximate surface area is 104 Å². The summed E-state index contributed by atoms with van der Waals surface area (Å²) >= 11 is 0. The fourth-order valence-electron chi connectivity index (χ4n) is 2.08. The third-order valence-electron chi connectivity index (χ3n) is 3.23. The van der Waals surface area contributed by atoms with E-state index in [0.29, 0.717) is 17.1 Å². The molecule has 1 aliphatic carbocycles. The van der Waals surface area contributed by atoms with E-state index in [1.165, 1.54) is 14.2 Å². The van der Waals surface area contributed by atoms with Crippen molar-refractivity contribution in [2.24, 2.45) is 4.99 Å². The molecule has 1 aromatic rings. The number of hydrogen-bond donors (Lipinski definition) is 0. The maximum atomic E-state index is 13.0. The molecule has 0 aliphatic heterocycles. The minimum Gasteiger partial charge on any atom is -0.496 e. The summed E-state index contributed by atoms with van der Waals surface area (Å²) in [4.78, 5) is 14.3. The lowest BCUT2D eigenvalue weighted by Crippen LogP contribution is -2.07. The van der Waals surface area contributed by atoms with Crippen LogP contribution in [0, 0.1) is 0 Å². The van der Waals surface area contributed by atoms with Crippen LogP contribution in [-0.4, -0.2) is 20.3 Å². The van der Waals surface area contributed by atoms with Crippen molar-refractivity contribution in [3.63, 3.8) is 0 Å². The fourth-order valence-corrected chi connectivity index (χ4v) is 2.08. The smallest absolute Gasteiger partial charge is 0.235 e. The largest absolute Gasteiger partial charge is 0.496 e. The van der Waals surface area contributed by atoms with Crippen molar-refractivity contribution in [3.8, 4) is 11.5 Å². The van der Waals surface area contributed by atoms with Crippen LogP contribution in [0.1, 0.15) is 24.0 Å². The number of halogens is 1. The van der Waals surface area contributed by atoms with E-state index in [2.05, 4.69) is 4.99 Å². The second-order valence-electron chi connectivity index (χ2n) is 4.23. The topological polar surface area (TPSA) is 47.9 Å². The summed E-state index contributed by atoms with van der Waals surface area (Å²) in [5.41, 5.74) is 0.575. The van der Waals surface area contributed by atoms with Crippen LogP contribution in [-0.2, 0) is 17.0 Å². The van der Waals surface area contributed by atoms with Gasteiger partial charge in [0.05, 0.1) is 14.2 Å². The highest BCUT2D eigenvalue weighted by molar-refractivity contribution is 5.53. The Morgan fingerprint density at radius 3 is 2.44 bits per heavy atom. The number of methoxy groups -OCH3 is 2. The quantitative estimate of drug-likeness (QED) is 0.596. The number of hydrogen-bond acceptors (Lipinski definition) is 4. The lowest BCUT2D eigenvalue weighted by molar-refractivity contribution is 0.376. The molecule has 0 aromatic heterocycles. The van der Waals surface area contributed by atoms with Crippen LogP contribution in [0.15, 0.2) is 17.1 Å². The van der Waals surface area contributed by atoms with E-state index in [9.17, 15) is 9.18 Å². The van der Waals surface area contributed by atoms with Crippen molar-refractivity contribution in [3.05, 3.63) is 23.3 Å². The molecule has 0 unspecified atom stereocenters. The number of aliphatic imine (C=N–C) groups is 1. The number of carbonyl (C=O) groups excluding carboxylic acids is 1. The van der Waals surface area contributed by atoms with Crippen molar-refractivity contribution in [1.29, 1.82) is 0 Å². The van der Waals surface area contributed by atoms with E-state index >= 15 is 0 Å². The highest BCUT2D eigenvalue weighted by atomic mass is 19.1. The zero-order chi connectivity index (χ0) is 13.2. The molecule has 0 amide bonds. The number of isocyanates is 1. The van der Waals surface area contributed by atoms with E-state index in [1.807, 2.05) is 0 Å². The Hall–Kier alpha value is -1.87. The molecule has 0 N–H and O–H groups in total. The maximum Gasteiger partial charge on any atom is 0.235 e. The third kappa shape index (κ3) is 1.97. The van der Waals surface area contributed by atoms with Crippen LogP contribution in [0.2, 0.25) is 0 Å². The predicted molar refractivity (Wildman–Crippen MR) is 63.4 cm³/mol. The van der Waals surface area contributed by atoms with Gasteiger partial charge < -0.3 is 9.47 Å². The van der Waals surface area contributed by atoms with Crippen molar-refractivity contribution >= 4 is 6.08 Å². The van der Waals surface area contributed by atoms with Crippen LogP contribution >= 0.6 is 0 Å². The Morgan fingerprint density at radius 2 is 2.00 bits per heavy atom. The molecule has 0 bridgehead atoms. The molecule has 1 fully saturated rings. The SMILES string of the molecule is COc1cc(OC)c(C2(N=C=O)CC2)cc1CF. The van der Waals surface area contributed by atoms with E-state index in [-0.39, 0.29) is 0 Å². The molecule has 0 spiro atoms. The molecule has 5 heteroatoms. The first-order valence-electron chi connectivity index (χ1n) is 5.61. The van der Waals surface area contributed by atoms with Gasteiger partial charge >= 0.3 is 0 Å². The van der Waals surface area contributed by atoms with Crippen molar-refractivity contribution in [2.75, 3.05) is 14.2 Å². The first kappa shape index (κ1) is 12.6. The summed E-state index contributed by atoms with van der Waals surface area (Å²) < 4.78 is 23.3. The van der Waals surface area contributed by atoms with Crippen molar-refractivity contribution in [2.45, 2.75) is 25.1 Å². The highest BCUT2D eigenvalue weighted by Gasteiger charge is 2.47. The Morgan fingerprint density at radius 1 is 1.33 bits per heavy atom. The second-order valence-corrected chi connectivity index (χ2v) is 4.23. The zero-order valence-electron chi connectivity index (χ0n) is 10.3. The van der Waals surface area contributed by atoms with E-state index in [0.717, 1.165) is 18.4 Å². The highest BCUT2D eigenvalue weighted by Crippen LogP contribution is 2.53. The summed E-state index contributed by atoms with van der Waals surface area (Å²) in [6.45, 7) is -0.638. The molecule has 1 saturated carbocycles. The number of benzene rings is 1. The van der Waals surface area contributed by atoms with Gasteiger partial charge in [-0.2, -0.15) is 4.99 Å². The molecule has 1 aliphatic rings. The molecule has 0 radical (unpaired) electrons. The number of ether oxygens (including phenoxy) is 2. The van der Waals surface area contributed by atoms with Gasteiger partial charge in [0.1, 0.15) is 23.7 Å². The fraction of sp³-hybridized carbons (Fsp3) is 0.462. The second kappa shape index (κ2) is 4.78. The maximum absolute atomic E-state index is 13.0. The zero-order valence-corrected chi connectivity index (χ0v) is 10.3. The summed E-state index contributed by atoms with van der Waals surface area (Å²) in [6, 6.07) is 3.29. The van der Waals surface area contributed by atoms with E-state index in [1.54, 1.807) is 18.2 Å². The van der Waals surface area contributed by atoms with Crippen LogP contribution < -0.4 is 9.47 Å². The van der Waals surface area contributed by atoms with Gasteiger partial charge in [-0.3, -0.25) is 0 Å². The predicted octanol–water partition coefficient (Wildman–Crippen LogP) is 2.50. The van der Waals surface area contributed by atoms with Gasteiger partial charge in [0.15, 0.2) is 0 Å². The van der Waals surface area contributed by atoms with Gasteiger partial charge in [-0.15, -0.1) is 0 Å². The van der Waals surface area contributed by atoms with E-state index in [4.69, 9.17) is 9.47 Å². The lowest BCUT2D eigenvalue weighted by Gasteiger charge is -2.16. The molecule has 0 saturated heterocycles. The summed E-state index contributed by atoms with van der Waals surface area (Å²) in [5, 5.41) is 0.